The largest absolute Gasteiger partial charge is 0.381 e. The van der Waals surface area contributed by atoms with Gasteiger partial charge in [-0.2, -0.15) is 0 Å². The summed E-state index contributed by atoms with van der Waals surface area (Å²) in [7, 11) is 1.85. The van der Waals surface area contributed by atoms with Crippen molar-refractivity contribution in [2.24, 2.45) is 22.2 Å². The molecule has 0 aromatic heterocycles. The normalized spacial score (nSPS) is 50.2. The summed E-state index contributed by atoms with van der Waals surface area (Å²) in [5, 5.41) is 4.02. The van der Waals surface area contributed by atoms with Gasteiger partial charge in [-0.25, -0.2) is 0 Å². The lowest BCUT2D eigenvalue weighted by Gasteiger charge is -2.54. The molecule has 5 atom stereocenters. The summed E-state index contributed by atoms with van der Waals surface area (Å²) < 4.78 is 5.58. The van der Waals surface area contributed by atoms with Crippen molar-refractivity contribution in [3.8, 4) is 0 Å². The summed E-state index contributed by atoms with van der Waals surface area (Å²) in [6.45, 7) is 12.2. The van der Waals surface area contributed by atoms with E-state index in [0.717, 1.165) is 5.92 Å². The van der Waals surface area contributed by atoms with Crippen LogP contribution in [0.2, 0.25) is 0 Å². The number of hydrogen-bond acceptors (Lipinski definition) is 2. The minimum Gasteiger partial charge on any atom is -0.381 e. The molecule has 2 nitrogen and oxygen atoms in total. The van der Waals surface area contributed by atoms with Crippen LogP contribution in [0.25, 0.3) is 0 Å². The van der Waals surface area contributed by atoms with Gasteiger partial charge in [-0.1, -0.05) is 34.6 Å². The van der Waals surface area contributed by atoms with Crippen LogP contribution < -0.4 is 5.32 Å². The van der Waals surface area contributed by atoms with E-state index >= 15 is 0 Å². The molecule has 19 heavy (non-hydrogen) atoms. The van der Waals surface area contributed by atoms with Crippen LogP contribution in [0, 0.1) is 22.2 Å². The molecule has 3 aliphatic carbocycles. The first kappa shape index (κ1) is 13.9. The minimum atomic E-state index is 0.289. The molecule has 0 aromatic rings. The Morgan fingerprint density at radius 1 is 1.00 bits per heavy atom. The molecule has 3 saturated carbocycles. The van der Waals surface area contributed by atoms with E-state index < -0.39 is 0 Å². The molecule has 3 rings (SSSR count). The highest BCUT2D eigenvalue weighted by Gasteiger charge is 2.62. The van der Waals surface area contributed by atoms with Crippen molar-refractivity contribution >= 4 is 0 Å². The van der Waals surface area contributed by atoms with Crippen LogP contribution in [-0.2, 0) is 4.74 Å². The van der Waals surface area contributed by atoms with Crippen molar-refractivity contribution in [2.45, 2.75) is 78.5 Å². The van der Waals surface area contributed by atoms with Gasteiger partial charge in [0, 0.05) is 24.6 Å². The second kappa shape index (κ2) is 3.98. The topological polar surface area (TPSA) is 21.3 Å². The predicted molar refractivity (Wildman–Crippen MR) is 79.1 cm³/mol. The van der Waals surface area contributed by atoms with Gasteiger partial charge >= 0.3 is 0 Å². The molecule has 0 radical (unpaired) electrons. The van der Waals surface area contributed by atoms with E-state index in [4.69, 9.17) is 4.74 Å². The van der Waals surface area contributed by atoms with Crippen molar-refractivity contribution in [3.05, 3.63) is 0 Å². The summed E-state index contributed by atoms with van der Waals surface area (Å²) in [5.74, 6) is 0.927. The molecular formula is C17H31NO. The van der Waals surface area contributed by atoms with Crippen LogP contribution in [0.1, 0.15) is 60.3 Å². The molecule has 0 spiro atoms. The third-order valence-electron chi connectivity index (χ3n) is 7.66. The maximum absolute atomic E-state index is 5.58. The first-order chi connectivity index (χ1) is 8.73. The summed E-state index contributed by atoms with van der Waals surface area (Å²) in [5.41, 5.74) is 1.29. The third-order valence-corrected chi connectivity index (χ3v) is 7.66. The van der Waals surface area contributed by atoms with Gasteiger partial charge in [-0.05, 0) is 42.4 Å². The fourth-order valence-corrected chi connectivity index (χ4v) is 5.27. The fourth-order valence-electron chi connectivity index (χ4n) is 5.27. The van der Waals surface area contributed by atoms with Gasteiger partial charge in [-0.3, -0.25) is 0 Å². The van der Waals surface area contributed by atoms with E-state index in [1.54, 1.807) is 0 Å². The fraction of sp³-hybridized carbons (Fsp3) is 1.00. The van der Waals surface area contributed by atoms with Gasteiger partial charge in [0.15, 0.2) is 0 Å². The Bertz CT molecular complexity index is 375. The number of ether oxygens (including phenoxy) is 1. The Hall–Kier alpha value is -0.0800. The Morgan fingerprint density at radius 3 is 2.11 bits per heavy atom. The van der Waals surface area contributed by atoms with Crippen molar-refractivity contribution in [3.63, 3.8) is 0 Å². The maximum atomic E-state index is 5.58. The van der Waals surface area contributed by atoms with Gasteiger partial charge in [0.2, 0.25) is 0 Å². The Morgan fingerprint density at radius 2 is 1.68 bits per heavy atom. The SMILES string of the molecule is COC1CC(NC2CC3CCC2(C)C3(C)C)C1(C)C. The average molecular weight is 265 g/mol. The Kier molecular flexibility index (Phi) is 2.91. The second-order valence-electron chi connectivity index (χ2n) is 8.66. The molecule has 0 amide bonds. The molecule has 5 unspecified atom stereocenters. The van der Waals surface area contributed by atoms with Crippen LogP contribution in [0.5, 0.6) is 0 Å². The summed E-state index contributed by atoms with van der Waals surface area (Å²) in [6.07, 6.45) is 5.85. The zero-order chi connectivity index (χ0) is 14.1. The van der Waals surface area contributed by atoms with Crippen LogP contribution in [0.3, 0.4) is 0 Å². The second-order valence-corrected chi connectivity index (χ2v) is 8.66. The first-order valence-electron chi connectivity index (χ1n) is 8.02. The first-order valence-corrected chi connectivity index (χ1v) is 8.02. The summed E-state index contributed by atoms with van der Waals surface area (Å²) >= 11 is 0. The highest BCUT2D eigenvalue weighted by molar-refractivity contribution is 5.15. The zero-order valence-electron chi connectivity index (χ0n) is 13.5. The molecule has 0 saturated heterocycles. The predicted octanol–water partition coefficient (Wildman–Crippen LogP) is 3.60. The van der Waals surface area contributed by atoms with Crippen molar-refractivity contribution in [1.82, 2.24) is 5.32 Å². The van der Waals surface area contributed by atoms with E-state index in [1.807, 2.05) is 7.11 Å². The Labute approximate surface area is 118 Å². The standard InChI is InChI=1S/C17H31NO/c1-15(2)12(10-14(15)19-6)18-13-9-11-7-8-17(13,5)16(11,3)4/h11-14,18H,7-10H2,1-6H3. The lowest BCUT2D eigenvalue weighted by molar-refractivity contribution is -0.105. The van der Waals surface area contributed by atoms with Gasteiger partial charge in [0.25, 0.3) is 0 Å². The average Bonchev–Trinajstić information content (AvgIpc) is 2.66. The quantitative estimate of drug-likeness (QED) is 0.842. The maximum Gasteiger partial charge on any atom is 0.0652 e. The molecular weight excluding hydrogens is 234 g/mol. The van der Waals surface area contributed by atoms with Crippen molar-refractivity contribution in [1.29, 1.82) is 0 Å². The summed E-state index contributed by atoms with van der Waals surface area (Å²) in [6, 6.07) is 1.35. The molecule has 0 aliphatic heterocycles. The number of nitrogens with one attached hydrogen (secondary N) is 1. The van der Waals surface area contributed by atoms with E-state index in [-0.39, 0.29) is 5.41 Å². The van der Waals surface area contributed by atoms with Crippen LogP contribution in [-0.4, -0.2) is 25.3 Å². The lowest BCUT2D eigenvalue weighted by atomic mass is 9.63. The molecule has 2 bridgehead atoms. The van der Waals surface area contributed by atoms with Crippen LogP contribution >= 0.6 is 0 Å². The molecule has 0 aromatic carbocycles. The monoisotopic (exact) mass is 265 g/mol. The lowest BCUT2D eigenvalue weighted by Crippen LogP contribution is -2.64. The van der Waals surface area contributed by atoms with Crippen LogP contribution in [0.15, 0.2) is 0 Å². The molecule has 0 heterocycles. The van der Waals surface area contributed by atoms with Gasteiger partial charge in [0.05, 0.1) is 6.10 Å². The van der Waals surface area contributed by atoms with Crippen molar-refractivity contribution < 1.29 is 4.74 Å². The summed E-state index contributed by atoms with van der Waals surface area (Å²) in [4.78, 5) is 0. The minimum absolute atomic E-state index is 0.289. The molecule has 2 heteroatoms. The van der Waals surface area contributed by atoms with Crippen LogP contribution in [0.4, 0.5) is 0 Å². The number of hydrogen-bond donors (Lipinski definition) is 1. The van der Waals surface area contributed by atoms with E-state index in [1.165, 1.54) is 25.7 Å². The van der Waals surface area contributed by atoms with E-state index in [9.17, 15) is 0 Å². The number of methoxy groups -OCH3 is 1. The third kappa shape index (κ3) is 1.62. The Balaban J connectivity index is 1.70. The van der Waals surface area contributed by atoms with Crippen molar-refractivity contribution in [2.75, 3.05) is 7.11 Å². The van der Waals surface area contributed by atoms with E-state index in [2.05, 4.69) is 39.9 Å². The number of fused-ring (bicyclic) bond motifs is 2. The molecule has 3 fully saturated rings. The smallest absolute Gasteiger partial charge is 0.0652 e. The van der Waals surface area contributed by atoms with Gasteiger partial charge < -0.3 is 10.1 Å². The zero-order valence-corrected chi connectivity index (χ0v) is 13.5. The number of rotatable bonds is 3. The van der Waals surface area contributed by atoms with Gasteiger partial charge in [-0.15, -0.1) is 0 Å². The molecule has 1 N–H and O–H groups in total. The van der Waals surface area contributed by atoms with E-state index in [0.29, 0.717) is 29.0 Å². The molecule has 110 valence electrons. The highest BCUT2D eigenvalue weighted by Crippen LogP contribution is 2.65. The molecule has 3 aliphatic rings. The highest BCUT2D eigenvalue weighted by atomic mass is 16.5. The van der Waals surface area contributed by atoms with Gasteiger partial charge in [0.1, 0.15) is 0 Å².